The lowest BCUT2D eigenvalue weighted by Crippen LogP contribution is -2.45. The van der Waals surface area contributed by atoms with Crippen molar-refractivity contribution in [2.24, 2.45) is 0 Å². The highest BCUT2D eigenvalue weighted by Crippen LogP contribution is 2.43. The SMILES string of the molecule is CCCC/C=C\CCCCCCC(=O)NC(COP(=O)(O)OCC[N+](C)(C)C)C(O)/C=C/CC/C=C/CC/C=C/CCCCCCCCCCCC. The van der Waals surface area contributed by atoms with Gasteiger partial charge in [0.05, 0.1) is 39.9 Å². The summed E-state index contributed by atoms with van der Waals surface area (Å²) in [6.07, 6.45) is 43.3. The molecule has 0 aromatic rings. The van der Waals surface area contributed by atoms with Crippen LogP contribution in [0.4, 0.5) is 0 Å². The molecule has 52 heavy (non-hydrogen) atoms. The van der Waals surface area contributed by atoms with Crippen molar-refractivity contribution in [1.29, 1.82) is 0 Å². The fraction of sp³-hybridized carbons (Fsp3) is 0.791. The van der Waals surface area contributed by atoms with E-state index in [0.29, 0.717) is 17.4 Å². The summed E-state index contributed by atoms with van der Waals surface area (Å²) < 4.78 is 23.4. The fourth-order valence-corrected chi connectivity index (χ4v) is 6.32. The van der Waals surface area contributed by atoms with Crippen molar-refractivity contribution in [2.45, 2.75) is 180 Å². The molecular weight excluding hydrogens is 671 g/mol. The monoisotopic (exact) mass is 754 g/mol. The highest BCUT2D eigenvalue weighted by molar-refractivity contribution is 7.47. The van der Waals surface area contributed by atoms with Gasteiger partial charge in [-0.25, -0.2) is 4.57 Å². The highest BCUT2D eigenvalue weighted by atomic mass is 31.2. The number of aliphatic hydroxyl groups excluding tert-OH is 1. The lowest BCUT2D eigenvalue weighted by molar-refractivity contribution is -0.870. The summed E-state index contributed by atoms with van der Waals surface area (Å²) in [5.41, 5.74) is 0. The maximum atomic E-state index is 12.8. The van der Waals surface area contributed by atoms with Crippen LogP contribution in [0.15, 0.2) is 48.6 Å². The van der Waals surface area contributed by atoms with Gasteiger partial charge < -0.3 is 19.8 Å². The predicted molar refractivity (Wildman–Crippen MR) is 221 cm³/mol. The zero-order valence-corrected chi connectivity index (χ0v) is 35.2. The van der Waals surface area contributed by atoms with E-state index in [2.05, 4.69) is 55.6 Å². The van der Waals surface area contributed by atoms with Crippen molar-refractivity contribution in [3.05, 3.63) is 48.6 Å². The first-order valence-electron chi connectivity index (χ1n) is 21.0. The fourth-order valence-electron chi connectivity index (χ4n) is 5.58. The molecule has 1 amide bonds. The molecule has 0 saturated carbocycles. The van der Waals surface area contributed by atoms with Gasteiger partial charge in [-0.05, 0) is 64.2 Å². The lowest BCUT2D eigenvalue weighted by atomic mass is 10.1. The summed E-state index contributed by atoms with van der Waals surface area (Å²) in [7, 11) is 1.53. The van der Waals surface area contributed by atoms with E-state index in [4.69, 9.17) is 9.05 Å². The van der Waals surface area contributed by atoms with E-state index in [0.717, 1.165) is 64.2 Å². The number of nitrogens with one attached hydrogen (secondary N) is 1. The Morgan fingerprint density at radius 2 is 1.08 bits per heavy atom. The van der Waals surface area contributed by atoms with Crippen LogP contribution in [0.1, 0.15) is 168 Å². The van der Waals surface area contributed by atoms with Gasteiger partial charge >= 0.3 is 7.82 Å². The molecule has 8 nitrogen and oxygen atoms in total. The minimum atomic E-state index is -4.35. The number of nitrogens with zero attached hydrogens (tertiary/aromatic N) is 1. The first-order chi connectivity index (χ1) is 25.0. The highest BCUT2D eigenvalue weighted by Gasteiger charge is 2.27. The normalized spacial score (nSPS) is 15.0. The average molecular weight is 754 g/mol. The molecule has 304 valence electrons. The van der Waals surface area contributed by atoms with E-state index in [-0.39, 0.29) is 19.1 Å². The van der Waals surface area contributed by atoms with Gasteiger partial charge in [-0.15, -0.1) is 0 Å². The maximum Gasteiger partial charge on any atom is 0.472 e. The molecule has 3 N–H and O–H groups in total. The second-order valence-corrected chi connectivity index (χ2v) is 16.8. The Bertz CT molecular complexity index is 991. The number of quaternary nitrogens is 1. The van der Waals surface area contributed by atoms with E-state index in [9.17, 15) is 19.4 Å². The van der Waals surface area contributed by atoms with Crippen molar-refractivity contribution in [2.75, 3.05) is 40.9 Å². The maximum absolute atomic E-state index is 12.8. The molecule has 0 heterocycles. The predicted octanol–water partition coefficient (Wildman–Crippen LogP) is 11.3. The summed E-state index contributed by atoms with van der Waals surface area (Å²) in [5, 5.41) is 13.7. The Morgan fingerprint density at radius 3 is 1.60 bits per heavy atom. The van der Waals surface area contributed by atoms with E-state index >= 15 is 0 Å². The van der Waals surface area contributed by atoms with Crippen LogP contribution in [0.25, 0.3) is 0 Å². The molecule has 0 spiro atoms. The molecular formula is C43H82N2O6P+. The van der Waals surface area contributed by atoms with Gasteiger partial charge in [-0.3, -0.25) is 13.8 Å². The Kier molecular flexibility index (Phi) is 34.1. The van der Waals surface area contributed by atoms with Crippen molar-refractivity contribution in [3.8, 4) is 0 Å². The molecule has 0 fully saturated rings. The van der Waals surface area contributed by atoms with Crippen molar-refractivity contribution >= 4 is 13.7 Å². The smallest absolute Gasteiger partial charge is 0.387 e. The molecule has 0 aromatic carbocycles. The average Bonchev–Trinajstić information content (AvgIpc) is 3.09. The van der Waals surface area contributed by atoms with Crippen molar-refractivity contribution in [1.82, 2.24) is 5.32 Å². The van der Waals surface area contributed by atoms with Gasteiger partial charge in [-0.1, -0.05) is 146 Å². The Morgan fingerprint density at radius 1 is 0.635 bits per heavy atom. The van der Waals surface area contributed by atoms with Crippen molar-refractivity contribution in [3.63, 3.8) is 0 Å². The van der Waals surface area contributed by atoms with E-state index in [1.54, 1.807) is 6.08 Å². The topological polar surface area (TPSA) is 105 Å². The molecule has 0 aliphatic heterocycles. The third-order valence-electron chi connectivity index (χ3n) is 9.00. The van der Waals surface area contributed by atoms with Gasteiger partial charge in [0.15, 0.2) is 0 Å². The van der Waals surface area contributed by atoms with Gasteiger partial charge in [0.2, 0.25) is 5.91 Å². The third kappa shape index (κ3) is 36.8. The summed E-state index contributed by atoms with van der Waals surface area (Å²) in [5.74, 6) is -0.209. The van der Waals surface area contributed by atoms with Crippen LogP contribution < -0.4 is 5.32 Å². The quantitative estimate of drug-likeness (QED) is 0.0252. The Balaban J connectivity index is 4.51. The molecule has 0 aliphatic carbocycles. The number of rotatable bonds is 37. The van der Waals surface area contributed by atoms with Gasteiger partial charge in [0, 0.05) is 6.42 Å². The van der Waals surface area contributed by atoms with Crippen LogP contribution in [0, 0.1) is 0 Å². The zero-order valence-electron chi connectivity index (χ0n) is 34.3. The number of amides is 1. The molecule has 0 aliphatic rings. The number of carbonyl (C=O) groups is 1. The summed E-state index contributed by atoms with van der Waals surface area (Å²) in [4.78, 5) is 23.0. The van der Waals surface area contributed by atoms with E-state index in [1.807, 2.05) is 27.2 Å². The Labute approximate surface area is 320 Å². The molecule has 3 unspecified atom stereocenters. The Hall–Kier alpha value is -1.54. The number of carbonyl (C=O) groups excluding carboxylic acids is 1. The first-order valence-corrected chi connectivity index (χ1v) is 22.5. The molecule has 0 bridgehead atoms. The standard InChI is InChI=1S/C43H81N2O6P/c1-6-8-10-12-14-16-18-19-20-21-22-23-24-25-26-27-28-30-32-34-36-42(46)41(40-51-52(48,49)50-39-38-45(3,4)5)44-43(47)37-35-33-31-29-17-15-13-11-9-7-2/h13,15,23-24,27-28,34,36,41-42,46H,6-12,14,16-22,25-26,29-33,35,37-40H2,1-5H3,(H-,44,47,48,49)/p+1/b15-13-,24-23+,28-27+,36-34+. The number of unbranched alkanes of at least 4 members (excludes halogenated alkanes) is 18. The van der Waals surface area contributed by atoms with E-state index in [1.165, 1.54) is 83.5 Å². The first kappa shape index (κ1) is 50.5. The van der Waals surface area contributed by atoms with E-state index < -0.39 is 20.0 Å². The molecule has 0 saturated heterocycles. The van der Waals surface area contributed by atoms with Crippen LogP contribution in [-0.4, -0.2) is 73.4 Å². The van der Waals surface area contributed by atoms with Gasteiger partial charge in [0.1, 0.15) is 13.2 Å². The van der Waals surface area contributed by atoms with Crippen LogP contribution in [0.3, 0.4) is 0 Å². The zero-order chi connectivity index (χ0) is 38.6. The van der Waals surface area contributed by atoms with Crippen molar-refractivity contribution < 1.29 is 32.9 Å². The van der Waals surface area contributed by atoms with Gasteiger partial charge in [-0.2, -0.15) is 0 Å². The molecule has 0 rings (SSSR count). The third-order valence-corrected chi connectivity index (χ3v) is 9.98. The number of likely N-dealkylation sites (N-methyl/N-ethyl adjacent to an activating group) is 1. The molecule has 9 heteroatoms. The minimum Gasteiger partial charge on any atom is -0.387 e. The summed E-state index contributed by atoms with van der Waals surface area (Å²) >= 11 is 0. The largest absolute Gasteiger partial charge is 0.472 e. The van der Waals surface area contributed by atoms with Crippen LogP contribution >= 0.6 is 7.82 Å². The number of phosphoric acid groups is 1. The molecule has 3 atom stereocenters. The minimum absolute atomic E-state index is 0.0501. The van der Waals surface area contributed by atoms with Gasteiger partial charge in [0.25, 0.3) is 0 Å². The van der Waals surface area contributed by atoms with Crippen LogP contribution in [0.2, 0.25) is 0 Å². The molecule has 0 aromatic heterocycles. The second-order valence-electron chi connectivity index (χ2n) is 15.3. The van der Waals surface area contributed by atoms with Crippen LogP contribution in [-0.2, 0) is 18.4 Å². The molecule has 0 radical (unpaired) electrons. The lowest BCUT2D eigenvalue weighted by Gasteiger charge is -2.25. The number of hydrogen-bond donors (Lipinski definition) is 3. The number of hydrogen-bond acceptors (Lipinski definition) is 5. The number of aliphatic hydroxyl groups is 1. The van der Waals surface area contributed by atoms with Crippen LogP contribution in [0.5, 0.6) is 0 Å². The summed E-state index contributed by atoms with van der Waals surface area (Å²) in [6.45, 7) is 4.71. The number of allylic oxidation sites excluding steroid dienone is 7. The summed E-state index contributed by atoms with van der Waals surface area (Å²) in [6, 6.07) is -0.873. The second kappa shape index (κ2) is 35.2. The number of phosphoric ester groups is 1.